The van der Waals surface area contributed by atoms with Crippen LogP contribution in [0.1, 0.15) is 0 Å². The largest absolute Gasteiger partial charge is 0.369 e. The molecule has 4 N–H and O–H groups in total. The van der Waals surface area contributed by atoms with Gasteiger partial charge in [-0.1, -0.05) is 0 Å². The molecule has 0 aliphatic heterocycles. The van der Waals surface area contributed by atoms with Crippen LogP contribution in [0.25, 0.3) is 0 Å². The zero-order chi connectivity index (χ0) is 21.5. The van der Waals surface area contributed by atoms with E-state index in [2.05, 4.69) is 0 Å². The first kappa shape index (κ1) is 49.5. The fourth-order valence-corrected chi connectivity index (χ4v) is 0. The van der Waals surface area contributed by atoms with Gasteiger partial charge in [-0.25, -0.2) is 0 Å². The van der Waals surface area contributed by atoms with Gasteiger partial charge >= 0.3 is 0 Å². The molecule has 0 aromatic heterocycles. The van der Waals surface area contributed by atoms with E-state index in [4.69, 9.17) is 91.9 Å². The van der Waals surface area contributed by atoms with Crippen LogP contribution in [0.3, 0.4) is 0 Å². The molecule has 0 fully saturated rings. The van der Waals surface area contributed by atoms with Crippen molar-refractivity contribution in [2.75, 3.05) is 0 Å². The average Bonchev–Trinajstić information content (AvgIpc) is 2.08. The third-order valence-electron chi connectivity index (χ3n) is 0. The van der Waals surface area contributed by atoms with E-state index in [1.54, 1.807) is 0 Å². The van der Waals surface area contributed by atoms with Crippen molar-refractivity contribution in [1.29, 1.82) is 0 Å². The SMILES string of the molecule is O=[N+]([O-])[O-].O=[N+]([O-])[O-].O=[N+]([O-])[O-].O=[N+]([O-])[O-].O=[N+]([O-])[O-].O=[N+]([O-])[O-].[Ce].[NH4+]. The van der Waals surface area contributed by atoms with Gasteiger partial charge in [-0.2, -0.15) is 0 Å². The monoisotopic (exact) mass is 530 g/mol. The minimum atomic E-state index is -1.75. The summed E-state index contributed by atoms with van der Waals surface area (Å²) in [5.74, 6) is 0. The van der Waals surface area contributed by atoms with Crippen molar-refractivity contribution >= 4 is 0 Å². The fraction of sp³-hybridized carbons (Fsp3) is 0. The van der Waals surface area contributed by atoms with Gasteiger partial charge in [0.05, 0.1) is 30.5 Å². The van der Waals surface area contributed by atoms with Gasteiger partial charge in [0.25, 0.3) is 0 Å². The zero-order valence-electron chi connectivity index (χ0n) is 11.5. The third kappa shape index (κ3) is 653. The van der Waals surface area contributed by atoms with Crippen molar-refractivity contribution in [3.8, 4) is 0 Å². The summed E-state index contributed by atoms with van der Waals surface area (Å²) >= 11 is 0. The van der Waals surface area contributed by atoms with Crippen LogP contribution in [0.5, 0.6) is 0 Å². The summed E-state index contributed by atoms with van der Waals surface area (Å²) in [6.07, 6.45) is 0. The first-order chi connectivity index (χ1) is 10.4. The van der Waals surface area contributed by atoms with Crippen molar-refractivity contribution in [2.45, 2.75) is 0 Å². The van der Waals surface area contributed by atoms with Crippen molar-refractivity contribution in [1.82, 2.24) is 6.15 Å². The van der Waals surface area contributed by atoms with Crippen LogP contribution in [0, 0.1) is 134 Å². The fourth-order valence-electron chi connectivity index (χ4n) is 0. The van der Waals surface area contributed by atoms with E-state index in [0.29, 0.717) is 0 Å². The Labute approximate surface area is 170 Å². The zero-order valence-corrected chi connectivity index (χ0v) is 14.7. The molecular weight excluding hydrogens is 526 g/mol. The molecule has 26 heavy (non-hydrogen) atoms. The van der Waals surface area contributed by atoms with Crippen molar-refractivity contribution < 1.29 is 72.3 Å². The summed E-state index contributed by atoms with van der Waals surface area (Å²) in [5, 5.41) is 88.5. The predicted molar refractivity (Wildman–Crippen MR) is 68.2 cm³/mol. The second-order valence-corrected chi connectivity index (χ2v) is 1.34. The molecule has 0 bridgehead atoms. The van der Waals surface area contributed by atoms with Gasteiger partial charge in [0.2, 0.25) is 0 Å². The Balaban J connectivity index is -0.0000000245. The van der Waals surface area contributed by atoms with Gasteiger partial charge in [-0.3, -0.25) is 0 Å². The van der Waals surface area contributed by atoms with Crippen LogP contribution in [-0.4, -0.2) is 30.5 Å². The van der Waals surface area contributed by atoms with E-state index in [-0.39, 0.29) is 47.9 Å². The van der Waals surface area contributed by atoms with Crippen molar-refractivity contribution in [2.24, 2.45) is 0 Å². The Morgan fingerprint density at radius 1 is 0.308 bits per heavy atom. The first-order valence-corrected chi connectivity index (χ1v) is 3.29. The standard InChI is InChI=1S/Ce.6NO3.H3N/c;6*2-1(3)4;/h;;;;;;;1H3/q;6*-1;/p+1. The minimum Gasteiger partial charge on any atom is -0.369 e. The van der Waals surface area contributed by atoms with Crippen LogP contribution in [0.15, 0.2) is 0 Å². The van der Waals surface area contributed by atoms with E-state index >= 15 is 0 Å². The molecule has 0 aromatic rings. The molecule has 25 nitrogen and oxygen atoms in total. The normalized spacial score (nSPS) is 5.54. The van der Waals surface area contributed by atoms with Gasteiger partial charge in [0.1, 0.15) is 0 Å². The Morgan fingerprint density at radius 3 is 0.308 bits per heavy atom. The van der Waals surface area contributed by atoms with Crippen LogP contribution in [-0.2, 0) is 0 Å². The second kappa shape index (κ2) is 43.0. The molecule has 0 aliphatic rings. The molecule has 0 unspecified atom stereocenters. The average molecular weight is 530 g/mol. The summed E-state index contributed by atoms with van der Waals surface area (Å²) in [4.78, 5) is 49.5. The van der Waals surface area contributed by atoms with E-state index in [9.17, 15) is 0 Å². The van der Waals surface area contributed by atoms with E-state index < -0.39 is 30.5 Å². The summed E-state index contributed by atoms with van der Waals surface area (Å²) in [7, 11) is 0. The maximum Gasteiger partial charge on any atom is 0.0689 e. The summed E-state index contributed by atoms with van der Waals surface area (Å²) < 4.78 is 0. The smallest absolute Gasteiger partial charge is 0.0689 e. The first-order valence-electron chi connectivity index (χ1n) is 3.29. The molecule has 0 amide bonds. The number of quaternary nitrogens is 1. The molecule has 0 rings (SSSR count). The molecule has 156 valence electrons. The number of hydrogen-bond donors (Lipinski definition) is 1. The maximum atomic E-state index is 8.25. The van der Waals surface area contributed by atoms with Gasteiger partial charge in [0, 0.05) is 41.7 Å². The number of rotatable bonds is 0. The van der Waals surface area contributed by atoms with E-state index in [1.807, 2.05) is 0 Å². The minimum absolute atomic E-state index is 0. The number of nitrogens with zero attached hydrogens (tertiary/aromatic N) is 6. The van der Waals surface area contributed by atoms with Gasteiger partial charge in [-0.05, 0) is 0 Å². The van der Waals surface area contributed by atoms with Crippen LogP contribution in [0.4, 0.5) is 0 Å². The van der Waals surface area contributed by atoms with E-state index in [1.165, 1.54) is 0 Å². The third-order valence-corrected chi connectivity index (χ3v) is 0. The van der Waals surface area contributed by atoms with Crippen LogP contribution < -0.4 is 6.15 Å². The maximum absolute atomic E-state index is 8.25. The molecule has 0 aromatic carbocycles. The van der Waals surface area contributed by atoms with E-state index in [0.717, 1.165) is 0 Å². The molecule has 0 saturated carbocycles. The van der Waals surface area contributed by atoms with Gasteiger partial charge < -0.3 is 98.1 Å². The Bertz CT molecular complexity index is 259. The molecule has 0 aliphatic carbocycles. The van der Waals surface area contributed by atoms with Gasteiger partial charge in [0.15, 0.2) is 0 Å². The number of hydrogen-bond acceptors (Lipinski definition) is 18. The predicted octanol–water partition coefficient (Wildman–Crippen LogP) is -1.06. The van der Waals surface area contributed by atoms with Crippen molar-refractivity contribution in [3.05, 3.63) is 91.9 Å². The Kier molecular flexibility index (Phi) is 81.8. The van der Waals surface area contributed by atoms with Crippen molar-refractivity contribution in [3.63, 3.8) is 0 Å². The second-order valence-electron chi connectivity index (χ2n) is 1.34. The van der Waals surface area contributed by atoms with Crippen LogP contribution >= 0.6 is 0 Å². The molecule has 0 radical (unpaired) electrons. The molecule has 26 heteroatoms. The molecule has 0 spiro atoms. The van der Waals surface area contributed by atoms with Gasteiger partial charge in [-0.15, -0.1) is 0 Å². The molecule has 0 heterocycles. The molecule has 0 saturated heterocycles. The molecular formula is H4CeN7O18-5. The summed E-state index contributed by atoms with van der Waals surface area (Å²) in [6.45, 7) is 0. The molecule has 0 atom stereocenters. The topological polar surface area (TPSA) is 434 Å². The Hall–Kier alpha value is -3.46. The van der Waals surface area contributed by atoms with Crippen LogP contribution in [0.2, 0.25) is 0 Å². The Morgan fingerprint density at radius 2 is 0.308 bits per heavy atom. The summed E-state index contributed by atoms with van der Waals surface area (Å²) in [5.41, 5.74) is 0. The quantitative estimate of drug-likeness (QED) is 0.288. The summed E-state index contributed by atoms with van der Waals surface area (Å²) in [6, 6.07) is 0.